The second-order valence-electron chi connectivity index (χ2n) is 13.0. The van der Waals surface area contributed by atoms with Gasteiger partial charge in [-0.25, -0.2) is 0 Å². The van der Waals surface area contributed by atoms with Gasteiger partial charge in [0.15, 0.2) is 11.5 Å². The van der Waals surface area contributed by atoms with Crippen LogP contribution in [0.5, 0.6) is 28.7 Å². The molecule has 0 aliphatic rings. The Labute approximate surface area is 349 Å². The number of nitrogens with one attached hydrogen (secondary N) is 3. The molecule has 0 bridgehead atoms. The van der Waals surface area contributed by atoms with Gasteiger partial charge in [-0.1, -0.05) is 66.2 Å². The third-order valence-corrected chi connectivity index (χ3v) is 8.32. The van der Waals surface area contributed by atoms with E-state index in [9.17, 15) is 19.5 Å². The Kier molecular flexibility index (Phi) is 17.3. The zero-order chi connectivity index (χ0) is 43.3. The molecule has 0 atom stereocenters. The van der Waals surface area contributed by atoms with Crippen LogP contribution in [0.15, 0.2) is 158 Å². The first-order valence-electron chi connectivity index (χ1n) is 18.6. The molecule has 3 amide bonds. The second kappa shape index (κ2) is 23.2. The molecule has 0 saturated heterocycles. The summed E-state index contributed by atoms with van der Waals surface area (Å²) in [7, 11) is 3.11. The molecule has 6 aromatic carbocycles. The Bertz CT molecular complexity index is 2420. The van der Waals surface area contributed by atoms with Crippen molar-refractivity contribution < 1.29 is 39.2 Å². The molecule has 6 aromatic rings. The number of ether oxygens (including phenoxy) is 2. The number of benzene rings is 6. The van der Waals surface area contributed by atoms with Crippen molar-refractivity contribution in [3.63, 3.8) is 0 Å². The van der Waals surface area contributed by atoms with Crippen LogP contribution in [0.25, 0.3) is 18.2 Å². The van der Waals surface area contributed by atoms with Crippen LogP contribution in [0, 0.1) is 13.8 Å². The maximum atomic E-state index is 11.9. The van der Waals surface area contributed by atoms with E-state index in [2.05, 4.69) is 16.0 Å². The quantitative estimate of drug-likeness (QED) is 0.0556. The maximum absolute atomic E-state index is 11.9. The number of hydrogen-bond donors (Lipinski definition) is 6. The molecule has 0 unspecified atom stereocenters. The molecule has 306 valence electrons. The number of para-hydroxylation sites is 1. The van der Waals surface area contributed by atoms with Crippen LogP contribution in [0.3, 0.4) is 0 Å². The summed E-state index contributed by atoms with van der Waals surface area (Å²) in [4.78, 5) is 35.3. The van der Waals surface area contributed by atoms with Crippen molar-refractivity contribution in [2.24, 2.45) is 0 Å². The summed E-state index contributed by atoms with van der Waals surface area (Å²) < 4.78 is 10.5. The van der Waals surface area contributed by atoms with Crippen LogP contribution < -0.4 is 25.4 Å². The van der Waals surface area contributed by atoms with Crippen molar-refractivity contribution in [2.45, 2.75) is 13.8 Å². The number of amides is 3. The predicted molar refractivity (Wildman–Crippen MR) is 239 cm³/mol. The van der Waals surface area contributed by atoms with E-state index in [4.69, 9.17) is 19.7 Å². The average molecular weight is 806 g/mol. The molecule has 11 heteroatoms. The van der Waals surface area contributed by atoms with E-state index in [-0.39, 0.29) is 35.0 Å². The van der Waals surface area contributed by atoms with Crippen LogP contribution in [-0.2, 0) is 14.4 Å². The van der Waals surface area contributed by atoms with E-state index >= 15 is 0 Å². The number of carbonyl (C=O) groups excluding carboxylic acids is 3. The van der Waals surface area contributed by atoms with E-state index in [0.29, 0.717) is 28.6 Å². The minimum Gasteiger partial charge on any atom is -0.508 e. The zero-order valence-electron chi connectivity index (χ0n) is 33.6. The summed E-state index contributed by atoms with van der Waals surface area (Å²) in [6.45, 7) is 4.01. The van der Waals surface area contributed by atoms with E-state index in [0.717, 1.165) is 27.8 Å². The van der Waals surface area contributed by atoms with Gasteiger partial charge in [0.25, 0.3) is 0 Å². The lowest BCUT2D eigenvalue weighted by Crippen LogP contribution is -2.07. The van der Waals surface area contributed by atoms with E-state index in [1.54, 1.807) is 74.9 Å². The summed E-state index contributed by atoms with van der Waals surface area (Å²) in [5, 5.41) is 35.6. The Balaban J connectivity index is 0.000000199. The highest BCUT2D eigenvalue weighted by Gasteiger charge is 2.07. The molecule has 0 aliphatic carbocycles. The molecule has 6 rings (SSSR count). The molecule has 6 N–H and O–H groups in total. The third-order valence-electron chi connectivity index (χ3n) is 8.32. The molecule has 0 aromatic heterocycles. The first-order valence-corrected chi connectivity index (χ1v) is 18.6. The number of aryl methyl sites for hydroxylation is 2. The maximum Gasteiger partial charge on any atom is 0.248 e. The number of hydrogen-bond acceptors (Lipinski definition) is 8. The Morgan fingerprint density at radius 3 is 1.37 bits per heavy atom. The van der Waals surface area contributed by atoms with Gasteiger partial charge in [-0.2, -0.15) is 0 Å². The Morgan fingerprint density at radius 1 is 0.483 bits per heavy atom. The summed E-state index contributed by atoms with van der Waals surface area (Å²) in [6, 6.07) is 40.1. The van der Waals surface area contributed by atoms with Crippen LogP contribution in [0.1, 0.15) is 27.8 Å². The lowest BCUT2D eigenvalue weighted by Gasteiger charge is -2.09. The highest BCUT2D eigenvalue weighted by atomic mass is 16.5. The van der Waals surface area contributed by atoms with Crippen molar-refractivity contribution in [2.75, 3.05) is 30.2 Å². The fraction of sp³-hybridized carbons (Fsp3) is 0.0816. The molecule has 0 spiro atoms. The fourth-order valence-electron chi connectivity index (χ4n) is 5.28. The molecule has 0 radical (unpaired) electrons. The lowest BCUT2D eigenvalue weighted by molar-refractivity contribution is -0.112. The number of anilines is 3. The van der Waals surface area contributed by atoms with Gasteiger partial charge in [-0.3, -0.25) is 14.4 Å². The Morgan fingerprint density at radius 2 is 0.917 bits per heavy atom. The van der Waals surface area contributed by atoms with Gasteiger partial charge in [0.1, 0.15) is 17.2 Å². The number of phenolic OH excluding ortho intramolecular Hbond substituents is 3. The summed E-state index contributed by atoms with van der Waals surface area (Å²) in [6.07, 6.45) is 9.59. The summed E-state index contributed by atoms with van der Waals surface area (Å²) in [5.74, 6) is 0.982. The molecule has 0 saturated carbocycles. The largest absolute Gasteiger partial charge is 0.508 e. The van der Waals surface area contributed by atoms with Gasteiger partial charge in [-0.15, -0.1) is 0 Å². The number of carbonyl (C=O) groups is 3. The third kappa shape index (κ3) is 15.5. The highest BCUT2D eigenvalue weighted by Crippen LogP contribution is 2.31. The normalized spacial score (nSPS) is 10.5. The number of methoxy groups -OCH3 is 2. The van der Waals surface area contributed by atoms with Gasteiger partial charge in [0.2, 0.25) is 17.7 Å². The lowest BCUT2D eigenvalue weighted by atomic mass is 10.1. The van der Waals surface area contributed by atoms with Gasteiger partial charge in [0, 0.05) is 40.9 Å². The van der Waals surface area contributed by atoms with Gasteiger partial charge >= 0.3 is 0 Å². The molecule has 0 heterocycles. The average Bonchev–Trinajstić information content (AvgIpc) is 3.24. The van der Waals surface area contributed by atoms with Crippen LogP contribution in [-0.4, -0.2) is 47.3 Å². The zero-order valence-corrected chi connectivity index (χ0v) is 33.6. The fourth-order valence-corrected chi connectivity index (χ4v) is 5.28. The summed E-state index contributed by atoms with van der Waals surface area (Å²) >= 11 is 0. The first kappa shape index (κ1) is 44.7. The number of rotatable bonds is 11. The first-order chi connectivity index (χ1) is 28.9. The molecule has 0 fully saturated rings. The monoisotopic (exact) mass is 805 g/mol. The van der Waals surface area contributed by atoms with E-state index < -0.39 is 0 Å². The van der Waals surface area contributed by atoms with Crippen molar-refractivity contribution in [3.8, 4) is 28.7 Å². The number of aromatic hydroxyl groups is 3. The molecular weight excluding hydrogens is 759 g/mol. The predicted octanol–water partition coefficient (Wildman–Crippen LogP) is 9.77. The summed E-state index contributed by atoms with van der Waals surface area (Å²) in [5.41, 5.74) is 6.92. The van der Waals surface area contributed by atoms with Gasteiger partial charge in [-0.05, 0) is 128 Å². The molecule has 60 heavy (non-hydrogen) atoms. The van der Waals surface area contributed by atoms with Crippen molar-refractivity contribution in [1.82, 2.24) is 0 Å². The van der Waals surface area contributed by atoms with Crippen LogP contribution >= 0.6 is 0 Å². The molecular formula is C49H47N3O8. The van der Waals surface area contributed by atoms with Crippen LogP contribution in [0.2, 0.25) is 0 Å². The second-order valence-corrected chi connectivity index (χ2v) is 13.0. The minimum absolute atomic E-state index is 0.148. The number of phenols is 3. The van der Waals surface area contributed by atoms with E-state index in [1.165, 1.54) is 54.6 Å². The van der Waals surface area contributed by atoms with Crippen molar-refractivity contribution in [1.29, 1.82) is 0 Å². The van der Waals surface area contributed by atoms with Crippen molar-refractivity contribution >= 4 is 53.0 Å². The highest BCUT2D eigenvalue weighted by molar-refractivity contribution is 6.03. The molecule has 0 aliphatic heterocycles. The minimum atomic E-state index is -0.282. The van der Waals surface area contributed by atoms with Crippen LogP contribution in [0.4, 0.5) is 17.1 Å². The van der Waals surface area contributed by atoms with Gasteiger partial charge in [0.05, 0.1) is 14.2 Å². The standard InChI is InChI=1S/C17H17NO4.2C16H15NO2/c1-21-15-5-3-4-12(17(15)22-2)6-11-16(20)18-13-7-9-14(19)10-8-13;1-12-3-2-4-13(11-12)5-10-16(19)17-14-6-8-15(18)9-7-14;1-12-4-2-3-5-13(12)6-11-16(19)17-14-7-9-15(18)10-8-14/h3-11,19H,1-2H3,(H,18,20);2*2-11,18H,1H3,(H,17,19). The SMILES string of the molecule is COc1cccc(C=CC(=O)Nc2ccc(O)cc2)c1OC.Cc1cccc(C=CC(=O)Nc2ccc(O)cc2)c1.Cc1ccccc1C=CC(=O)Nc1ccc(O)cc1. The topological polar surface area (TPSA) is 166 Å². The smallest absolute Gasteiger partial charge is 0.248 e. The van der Waals surface area contributed by atoms with Gasteiger partial charge < -0.3 is 40.7 Å². The van der Waals surface area contributed by atoms with Crippen molar-refractivity contribution in [3.05, 3.63) is 186 Å². The Hall–Kier alpha value is -8.05. The molecule has 11 nitrogen and oxygen atoms in total. The van der Waals surface area contributed by atoms with E-state index in [1.807, 2.05) is 74.5 Å².